The van der Waals surface area contributed by atoms with Crippen LogP contribution in [-0.2, 0) is 11.3 Å². The number of rotatable bonds is 5. The molecule has 116 valence electrons. The molecule has 0 spiro atoms. The normalized spacial score (nSPS) is 10.3. The summed E-state index contributed by atoms with van der Waals surface area (Å²) in [6.07, 6.45) is 0. The molecule has 0 radical (unpaired) electrons. The Hall–Kier alpha value is -3.15. The summed E-state index contributed by atoms with van der Waals surface area (Å²) < 4.78 is 15.8. The Labute approximate surface area is 132 Å². The lowest BCUT2D eigenvalue weighted by atomic mass is 10.2. The van der Waals surface area contributed by atoms with Crippen molar-refractivity contribution in [1.82, 2.24) is 10.2 Å². The number of hydrogen-bond acceptors (Lipinski definition) is 6. The van der Waals surface area contributed by atoms with E-state index in [1.54, 1.807) is 24.3 Å². The highest BCUT2D eigenvalue weighted by Crippen LogP contribution is 2.20. The van der Waals surface area contributed by atoms with Gasteiger partial charge in [0.15, 0.2) is 6.61 Å². The molecule has 0 fully saturated rings. The lowest BCUT2D eigenvalue weighted by molar-refractivity contribution is 0.0435. The maximum Gasteiger partial charge on any atom is 0.342 e. The van der Waals surface area contributed by atoms with Crippen LogP contribution in [0.4, 0.5) is 0 Å². The van der Waals surface area contributed by atoms with E-state index in [9.17, 15) is 4.79 Å². The maximum atomic E-state index is 12.1. The number of ether oxygens (including phenoxy) is 2. The summed E-state index contributed by atoms with van der Waals surface area (Å²) in [5.74, 6) is 0.552. The minimum absolute atomic E-state index is 0.100. The predicted octanol–water partition coefficient (Wildman–Crippen LogP) is 3.10. The monoisotopic (exact) mass is 310 g/mol. The van der Waals surface area contributed by atoms with E-state index < -0.39 is 5.97 Å². The number of para-hydroxylation sites is 1. The first-order valence-corrected chi connectivity index (χ1v) is 6.96. The molecule has 1 heterocycles. The van der Waals surface area contributed by atoms with Crippen molar-refractivity contribution >= 4 is 5.97 Å². The van der Waals surface area contributed by atoms with Crippen molar-refractivity contribution in [3.63, 3.8) is 0 Å². The third-order valence-corrected chi connectivity index (χ3v) is 3.14. The molecular weight excluding hydrogens is 296 g/mol. The second kappa shape index (κ2) is 6.74. The summed E-state index contributed by atoms with van der Waals surface area (Å²) in [7, 11) is 1.50. The first-order chi connectivity index (χ1) is 11.3. The first-order valence-electron chi connectivity index (χ1n) is 6.96. The molecule has 6 nitrogen and oxygen atoms in total. The number of methoxy groups -OCH3 is 1. The summed E-state index contributed by atoms with van der Waals surface area (Å²) in [4.78, 5) is 12.1. The van der Waals surface area contributed by atoms with Gasteiger partial charge >= 0.3 is 5.97 Å². The van der Waals surface area contributed by atoms with Crippen LogP contribution in [0.1, 0.15) is 16.2 Å². The van der Waals surface area contributed by atoms with Gasteiger partial charge in [0.1, 0.15) is 11.3 Å². The molecule has 3 rings (SSSR count). The molecule has 0 N–H and O–H groups in total. The average molecular weight is 310 g/mol. The van der Waals surface area contributed by atoms with Gasteiger partial charge in [0.25, 0.3) is 5.89 Å². The lowest BCUT2D eigenvalue weighted by Gasteiger charge is -2.06. The molecule has 0 bridgehead atoms. The zero-order chi connectivity index (χ0) is 16.1. The van der Waals surface area contributed by atoms with E-state index >= 15 is 0 Å². The smallest absolute Gasteiger partial charge is 0.342 e. The maximum absolute atomic E-state index is 12.1. The summed E-state index contributed by atoms with van der Waals surface area (Å²) >= 11 is 0. The van der Waals surface area contributed by atoms with Gasteiger partial charge in [-0.25, -0.2) is 4.79 Å². The third kappa shape index (κ3) is 3.37. The van der Waals surface area contributed by atoms with Crippen LogP contribution >= 0.6 is 0 Å². The van der Waals surface area contributed by atoms with Crippen molar-refractivity contribution in [3.05, 3.63) is 66.1 Å². The summed E-state index contributed by atoms with van der Waals surface area (Å²) in [5.41, 5.74) is 1.15. The molecule has 1 aromatic heterocycles. The number of nitrogens with zero attached hydrogens (tertiary/aromatic N) is 2. The Balaban J connectivity index is 1.67. The molecule has 0 aliphatic rings. The largest absolute Gasteiger partial charge is 0.496 e. The zero-order valence-corrected chi connectivity index (χ0v) is 12.4. The number of esters is 1. The minimum Gasteiger partial charge on any atom is -0.496 e. The van der Waals surface area contributed by atoms with Crippen LogP contribution < -0.4 is 4.74 Å². The molecule has 3 aromatic rings. The van der Waals surface area contributed by atoms with Crippen molar-refractivity contribution in [2.24, 2.45) is 0 Å². The second-order valence-corrected chi connectivity index (χ2v) is 4.64. The van der Waals surface area contributed by atoms with Gasteiger partial charge in [-0.05, 0) is 24.3 Å². The molecule has 0 saturated heterocycles. The first kappa shape index (κ1) is 14.8. The van der Waals surface area contributed by atoms with Gasteiger partial charge in [0, 0.05) is 5.56 Å². The van der Waals surface area contributed by atoms with E-state index in [4.69, 9.17) is 13.9 Å². The van der Waals surface area contributed by atoms with E-state index in [-0.39, 0.29) is 12.5 Å². The van der Waals surface area contributed by atoms with Crippen molar-refractivity contribution in [1.29, 1.82) is 0 Å². The number of aromatic nitrogens is 2. The highest BCUT2D eigenvalue weighted by Gasteiger charge is 2.15. The van der Waals surface area contributed by atoms with Crippen LogP contribution in [0.3, 0.4) is 0 Å². The van der Waals surface area contributed by atoms with E-state index in [1.807, 2.05) is 30.3 Å². The van der Waals surface area contributed by atoms with Crippen molar-refractivity contribution in [2.75, 3.05) is 7.11 Å². The van der Waals surface area contributed by atoms with Crippen LogP contribution in [0.25, 0.3) is 11.5 Å². The van der Waals surface area contributed by atoms with E-state index in [0.717, 1.165) is 5.56 Å². The van der Waals surface area contributed by atoms with E-state index in [1.165, 1.54) is 7.11 Å². The molecule has 23 heavy (non-hydrogen) atoms. The van der Waals surface area contributed by atoms with Gasteiger partial charge in [-0.3, -0.25) is 0 Å². The standard InChI is InChI=1S/C17H14N2O4/c1-21-14-10-6-5-9-13(14)17(20)22-11-15-18-19-16(23-15)12-7-3-2-4-8-12/h2-10H,11H2,1H3. The van der Waals surface area contributed by atoms with Gasteiger partial charge in [-0.2, -0.15) is 0 Å². The molecule has 0 amide bonds. The summed E-state index contributed by atoms with van der Waals surface area (Å²) in [5, 5.41) is 7.81. The van der Waals surface area contributed by atoms with E-state index in [2.05, 4.69) is 10.2 Å². The zero-order valence-electron chi connectivity index (χ0n) is 12.4. The topological polar surface area (TPSA) is 74.5 Å². The van der Waals surface area contributed by atoms with Crippen LogP contribution in [0, 0.1) is 0 Å². The summed E-state index contributed by atoms with van der Waals surface area (Å²) in [6, 6.07) is 16.2. The highest BCUT2D eigenvalue weighted by molar-refractivity contribution is 5.92. The van der Waals surface area contributed by atoms with Gasteiger partial charge < -0.3 is 13.9 Å². The Kier molecular flexibility index (Phi) is 4.33. The van der Waals surface area contributed by atoms with Gasteiger partial charge in [-0.1, -0.05) is 30.3 Å². The van der Waals surface area contributed by atoms with Crippen molar-refractivity contribution < 1.29 is 18.7 Å². The predicted molar refractivity (Wildman–Crippen MR) is 81.8 cm³/mol. The van der Waals surface area contributed by atoms with Crippen LogP contribution in [-0.4, -0.2) is 23.3 Å². The Bertz CT molecular complexity index is 799. The number of carbonyl (C=O) groups excluding carboxylic acids is 1. The van der Waals surface area contributed by atoms with Gasteiger partial charge in [0.05, 0.1) is 7.11 Å². The minimum atomic E-state index is -0.512. The molecule has 0 aliphatic heterocycles. The fourth-order valence-corrected chi connectivity index (χ4v) is 2.03. The van der Waals surface area contributed by atoms with Crippen molar-refractivity contribution in [2.45, 2.75) is 6.61 Å². The SMILES string of the molecule is COc1ccccc1C(=O)OCc1nnc(-c2ccccc2)o1. The third-order valence-electron chi connectivity index (χ3n) is 3.14. The highest BCUT2D eigenvalue weighted by atomic mass is 16.5. The Morgan fingerprint density at radius 1 is 1.04 bits per heavy atom. The van der Waals surface area contributed by atoms with Gasteiger partial charge in [-0.15, -0.1) is 10.2 Å². The molecule has 0 atom stereocenters. The van der Waals surface area contributed by atoms with Crippen LogP contribution in [0.2, 0.25) is 0 Å². The molecule has 0 unspecified atom stereocenters. The molecule has 6 heteroatoms. The lowest BCUT2D eigenvalue weighted by Crippen LogP contribution is -2.07. The number of benzene rings is 2. The molecule has 2 aromatic carbocycles. The van der Waals surface area contributed by atoms with Crippen molar-refractivity contribution in [3.8, 4) is 17.2 Å². The number of hydrogen-bond donors (Lipinski definition) is 0. The fourth-order valence-electron chi connectivity index (χ4n) is 2.03. The van der Waals surface area contributed by atoms with Crippen LogP contribution in [0.5, 0.6) is 5.75 Å². The average Bonchev–Trinajstić information content (AvgIpc) is 3.09. The second-order valence-electron chi connectivity index (χ2n) is 4.64. The molecule has 0 saturated carbocycles. The quantitative estimate of drug-likeness (QED) is 0.674. The molecular formula is C17H14N2O4. The molecule has 0 aliphatic carbocycles. The summed E-state index contributed by atoms with van der Waals surface area (Å²) in [6.45, 7) is -0.100. The Morgan fingerprint density at radius 2 is 1.78 bits per heavy atom. The van der Waals surface area contributed by atoms with Gasteiger partial charge in [0.2, 0.25) is 5.89 Å². The number of carbonyl (C=O) groups is 1. The Morgan fingerprint density at radius 3 is 2.57 bits per heavy atom. The van der Waals surface area contributed by atoms with Crippen LogP contribution in [0.15, 0.2) is 59.0 Å². The van der Waals surface area contributed by atoms with E-state index in [0.29, 0.717) is 17.2 Å². The fraction of sp³-hybridized carbons (Fsp3) is 0.118.